The maximum absolute atomic E-state index is 12.8. The molecule has 27 heavy (non-hydrogen) atoms. The Balaban J connectivity index is 2.01. The third-order valence-electron chi connectivity index (χ3n) is 4.63. The Morgan fingerprint density at radius 1 is 0.778 bits per heavy atom. The fraction of sp³-hybridized carbons (Fsp3) is 0.130. The van der Waals surface area contributed by atoms with E-state index in [1.54, 1.807) is 24.3 Å². The Morgan fingerprint density at radius 2 is 1.33 bits per heavy atom. The smallest absolute Gasteiger partial charge is 0.311 e. The molecule has 3 rings (SSSR count). The zero-order valence-corrected chi connectivity index (χ0v) is 16.2. The zero-order valence-electron chi connectivity index (χ0n) is 14.6. The van der Waals surface area contributed by atoms with Gasteiger partial charge in [0.2, 0.25) is 0 Å². The summed E-state index contributed by atoms with van der Waals surface area (Å²) in [7, 11) is 0. The number of carboxylic acid groups (broad SMARTS) is 1. The molecule has 0 heterocycles. The molecule has 0 fully saturated rings. The molecule has 136 valence electrons. The summed E-state index contributed by atoms with van der Waals surface area (Å²) >= 11 is 3.38. The van der Waals surface area contributed by atoms with Crippen molar-refractivity contribution in [3.8, 4) is 0 Å². The van der Waals surface area contributed by atoms with E-state index < -0.39 is 17.8 Å². The molecule has 0 amide bonds. The molecule has 3 aromatic rings. The third kappa shape index (κ3) is 4.72. The predicted molar refractivity (Wildman–Crippen MR) is 109 cm³/mol. The van der Waals surface area contributed by atoms with E-state index in [9.17, 15) is 14.7 Å². The zero-order chi connectivity index (χ0) is 19.2. The lowest BCUT2D eigenvalue weighted by Gasteiger charge is -2.24. The van der Waals surface area contributed by atoms with Crippen molar-refractivity contribution in [3.63, 3.8) is 0 Å². The Hall–Kier alpha value is -2.72. The number of hydrogen-bond acceptors (Lipinski definition) is 2. The molecule has 0 aliphatic rings. The molecule has 4 heteroatoms. The minimum atomic E-state index is -0.938. The first kappa shape index (κ1) is 19.1. The highest BCUT2D eigenvalue weighted by Gasteiger charge is 2.32. The Kier molecular flexibility index (Phi) is 6.20. The molecule has 0 spiro atoms. The van der Waals surface area contributed by atoms with Crippen molar-refractivity contribution in [2.45, 2.75) is 18.3 Å². The number of carbonyl (C=O) groups excluding carboxylic acids is 1. The van der Waals surface area contributed by atoms with E-state index in [1.165, 1.54) is 0 Å². The van der Waals surface area contributed by atoms with Gasteiger partial charge in [0.25, 0.3) is 0 Å². The maximum atomic E-state index is 12.8. The second kappa shape index (κ2) is 8.78. The number of aliphatic carboxylic acids is 1. The van der Waals surface area contributed by atoms with Crippen LogP contribution >= 0.6 is 15.9 Å². The number of carboxylic acids is 1. The van der Waals surface area contributed by atoms with Crippen molar-refractivity contribution in [2.75, 3.05) is 0 Å². The summed E-state index contributed by atoms with van der Waals surface area (Å²) < 4.78 is 0.881. The van der Waals surface area contributed by atoms with Gasteiger partial charge < -0.3 is 5.11 Å². The van der Waals surface area contributed by atoms with Gasteiger partial charge in [-0.3, -0.25) is 9.59 Å². The number of halogens is 1. The molecule has 0 radical (unpaired) electrons. The number of rotatable bonds is 7. The van der Waals surface area contributed by atoms with Crippen molar-refractivity contribution in [1.82, 2.24) is 0 Å². The van der Waals surface area contributed by atoms with E-state index in [0.29, 0.717) is 11.1 Å². The first-order chi connectivity index (χ1) is 13.1. The summed E-state index contributed by atoms with van der Waals surface area (Å²) in [5.74, 6) is -2.27. The highest BCUT2D eigenvalue weighted by Crippen LogP contribution is 2.37. The van der Waals surface area contributed by atoms with Crippen molar-refractivity contribution in [3.05, 3.63) is 106 Å². The minimum Gasteiger partial charge on any atom is -0.481 e. The van der Waals surface area contributed by atoms with Crippen LogP contribution in [0, 0.1) is 0 Å². The molecule has 0 aliphatic carbocycles. The second-order valence-corrected chi connectivity index (χ2v) is 7.29. The van der Waals surface area contributed by atoms with Gasteiger partial charge in [0, 0.05) is 22.4 Å². The molecule has 0 saturated heterocycles. The first-order valence-corrected chi connectivity index (χ1v) is 9.47. The molecule has 0 aromatic heterocycles. The predicted octanol–water partition coefficient (Wildman–Crippen LogP) is 5.67. The lowest BCUT2D eigenvalue weighted by molar-refractivity contribution is -0.139. The molecular formula is C23H19BrO3. The molecule has 0 unspecified atom stereocenters. The molecule has 0 saturated carbocycles. The summed E-state index contributed by atoms with van der Waals surface area (Å²) in [6, 6.07) is 25.7. The summed E-state index contributed by atoms with van der Waals surface area (Å²) in [6.07, 6.45) is 0.126. The number of ketones is 1. The summed E-state index contributed by atoms with van der Waals surface area (Å²) in [6.45, 7) is 0. The van der Waals surface area contributed by atoms with Crippen LogP contribution in [0.25, 0.3) is 0 Å². The molecule has 3 nitrogen and oxygen atoms in total. The molecular weight excluding hydrogens is 404 g/mol. The van der Waals surface area contributed by atoms with Crippen LogP contribution in [0.3, 0.4) is 0 Å². The van der Waals surface area contributed by atoms with Gasteiger partial charge in [-0.15, -0.1) is 0 Å². The van der Waals surface area contributed by atoms with Gasteiger partial charge in [-0.2, -0.15) is 0 Å². The highest BCUT2D eigenvalue weighted by atomic mass is 79.9. The van der Waals surface area contributed by atoms with Crippen LogP contribution < -0.4 is 0 Å². The average molecular weight is 423 g/mol. The fourth-order valence-electron chi connectivity index (χ4n) is 3.29. The number of benzene rings is 3. The summed E-state index contributed by atoms with van der Waals surface area (Å²) in [5.41, 5.74) is 2.12. The van der Waals surface area contributed by atoms with Crippen molar-refractivity contribution in [1.29, 1.82) is 0 Å². The number of hydrogen-bond donors (Lipinski definition) is 1. The van der Waals surface area contributed by atoms with Crippen molar-refractivity contribution in [2.24, 2.45) is 0 Å². The molecule has 0 bridgehead atoms. The Labute approximate surface area is 166 Å². The van der Waals surface area contributed by atoms with Crippen LogP contribution in [0.4, 0.5) is 0 Å². The maximum Gasteiger partial charge on any atom is 0.311 e. The minimum absolute atomic E-state index is 0.0622. The van der Waals surface area contributed by atoms with E-state index in [2.05, 4.69) is 15.9 Å². The SMILES string of the molecule is O=C(C[C@@H](c1ccccc1)[C@H](C(=O)O)c1ccc(Br)cc1)c1ccccc1. The van der Waals surface area contributed by atoms with Crippen LogP contribution in [0.2, 0.25) is 0 Å². The van der Waals surface area contributed by atoms with Gasteiger partial charge in [0.05, 0.1) is 5.92 Å². The van der Waals surface area contributed by atoms with E-state index in [-0.39, 0.29) is 12.2 Å². The van der Waals surface area contributed by atoms with Gasteiger partial charge in [0.15, 0.2) is 5.78 Å². The molecule has 3 aromatic carbocycles. The molecule has 0 aliphatic heterocycles. The van der Waals surface area contributed by atoms with Gasteiger partial charge in [-0.25, -0.2) is 0 Å². The third-order valence-corrected chi connectivity index (χ3v) is 5.16. The molecule has 1 N–H and O–H groups in total. The lowest BCUT2D eigenvalue weighted by atomic mass is 9.78. The van der Waals surface area contributed by atoms with Crippen LogP contribution in [-0.2, 0) is 4.79 Å². The fourth-order valence-corrected chi connectivity index (χ4v) is 3.55. The Morgan fingerprint density at radius 3 is 1.89 bits per heavy atom. The number of carbonyl (C=O) groups is 2. The van der Waals surface area contributed by atoms with Gasteiger partial charge in [0.1, 0.15) is 0 Å². The average Bonchev–Trinajstić information content (AvgIpc) is 2.70. The summed E-state index contributed by atoms with van der Waals surface area (Å²) in [4.78, 5) is 25.0. The standard InChI is InChI=1S/C23H19BrO3/c24-19-13-11-18(12-14-19)22(23(26)27)20(16-7-3-1-4-8-16)15-21(25)17-9-5-2-6-10-17/h1-14,20,22H,15H2,(H,26,27)/t20-,22+/m0/s1. The quantitative estimate of drug-likeness (QED) is 0.498. The van der Waals surface area contributed by atoms with E-state index in [1.807, 2.05) is 60.7 Å². The van der Waals surface area contributed by atoms with E-state index in [4.69, 9.17) is 0 Å². The van der Waals surface area contributed by atoms with E-state index in [0.717, 1.165) is 10.0 Å². The first-order valence-electron chi connectivity index (χ1n) is 8.67. The second-order valence-electron chi connectivity index (χ2n) is 6.38. The van der Waals surface area contributed by atoms with Crippen molar-refractivity contribution >= 4 is 27.7 Å². The number of Topliss-reactive ketones (excluding diaryl/α,β-unsaturated/α-hetero) is 1. The topological polar surface area (TPSA) is 54.4 Å². The molecule has 2 atom stereocenters. The lowest BCUT2D eigenvalue weighted by Crippen LogP contribution is -2.23. The monoisotopic (exact) mass is 422 g/mol. The van der Waals surface area contributed by atoms with Crippen LogP contribution in [0.1, 0.15) is 39.7 Å². The Bertz CT molecular complexity index is 905. The van der Waals surface area contributed by atoms with Gasteiger partial charge in [-0.1, -0.05) is 88.7 Å². The van der Waals surface area contributed by atoms with Crippen LogP contribution in [0.5, 0.6) is 0 Å². The highest BCUT2D eigenvalue weighted by molar-refractivity contribution is 9.10. The largest absolute Gasteiger partial charge is 0.481 e. The van der Waals surface area contributed by atoms with Gasteiger partial charge in [-0.05, 0) is 23.3 Å². The van der Waals surface area contributed by atoms with Gasteiger partial charge >= 0.3 is 5.97 Å². The van der Waals surface area contributed by atoms with Crippen molar-refractivity contribution < 1.29 is 14.7 Å². The van der Waals surface area contributed by atoms with Crippen LogP contribution in [-0.4, -0.2) is 16.9 Å². The normalized spacial score (nSPS) is 12.9. The summed E-state index contributed by atoms with van der Waals surface area (Å²) in [5, 5.41) is 9.99. The van der Waals surface area contributed by atoms with E-state index >= 15 is 0 Å². The van der Waals surface area contributed by atoms with Crippen LogP contribution in [0.15, 0.2) is 89.4 Å².